The van der Waals surface area contributed by atoms with E-state index in [0.29, 0.717) is 22.7 Å². The van der Waals surface area contributed by atoms with Gasteiger partial charge >= 0.3 is 0 Å². The minimum Gasteiger partial charge on any atom is -0.288 e. The first-order chi connectivity index (χ1) is 15.7. The third-order valence-electron chi connectivity index (χ3n) is 5.01. The van der Waals surface area contributed by atoms with Crippen LogP contribution in [0.4, 0.5) is 5.69 Å². The van der Waals surface area contributed by atoms with E-state index in [1.54, 1.807) is 0 Å². The van der Waals surface area contributed by atoms with E-state index in [1.807, 2.05) is 0 Å². The molecule has 0 atom stereocenters. The molecule has 0 N–H and O–H groups in total. The van der Waals surface area contributed by atoms with E-state index in [9.17, 15) is 39.4 Å². The molecule has 11 nitrogen and oxygen atoms in total. The quantitative estimate of drug-likeness (QED) is 0.214. The molecule has 0 spiro atoms. The van der Waals surface area contributed by atoms with E-state index in [4.69, 9.17) is 0 Å². The van der Waals surface area contributed by atoms with Gasteiger partial charge in [-0.2, -0.15) is 0 Å². The minimum atomic E-state index is -1.06. The van der Waals surface area contributed by atoms with Crippen LogP contribution in [0.1, 0.15) is 0 Å². The van der Waals surface area contributed by atoms with Crippen molar-refractivity contribution in [2.24, 2.45) is 0 Å². The van der Waals surface area contributed by atoms with Gasteiger partial charge in [-0.1, -0.05) is 0 Å². The number of benzene rings is 4. The lowest BCUT2D eigenvalue weighted by molar-refractivity contribution is -0.711. The van der Waals surface area contributed by atoms with Crippen LogP contribution in [0.2, 0.25) is 0 Å². The van der Waals surface area contributed by atoms with Crippen LogP contribution in [0.3, 0.4) is 0 Å². The summed E-state index contributed by atoms with van der Waals surface area (Å²) in [7, 11) is 0. The number of hydrogen-bond acceptors (Lipinski definition) is 11. The Morgan fingerprint density at radius 3 is 1.58 bits per heavy atom. The fraction of sp³-hybridized carbons (Fsp3) is 0. The van der Waals surface area contributed by atoms with Crippen molar-refractivity contribution in [3.05, 3.63) is 97.5 Å². The number of nitro groups is 1. The molecular weight excluding hydrogens is 476 g/mol. The number of rotatable bonds is 3. The second-order valence-corrected chi connectivity index (χ2v) is 8.89. The van der Waals surface area contributed by atoms with E-state index >= 15 is 0 Å². The fourth-order valence-corrected chi connectivity index (χ4v) is 6.02. The summed E-state index contributed by atoms with van der Waals surface area (Å²) in [6.45, 7) is 0. The second-order valence-electron chi connectivity index (χ2n) is 6.85. The van der Waals surface area contributed by atoms with Crippen molar-refractivity contribution in [1.29, 1.82) is 0 Å². The second kappa shape index (κ2) is 7.08. The monoisotopic (exact) mass is 482 g/mol. The van der Waals surface area contributed by atoms with E-state index in [-0.39, 0.29) is 51.8 Å². The first kappa shape index (κ1) is 20.5. The summed E-state index contributed by atoms with van der Waals surface area (Å²) in [5.74, 6) is -0.262. The first-order valence-electron chi connectivity index (χ1n) is 8.95. The molecule has 0 fully saturated rings. The smallest absolute Gasteiger partial charge is 0.288 e. The normalized spacial score (nSPS) is 11.4. The average molecular weight is 482 g/mol. The lowest BCUT2D eigenvalue weighted by Gasteiger charge is -2.05. The van der Waals surface area contributed by atoms with Gasteiger partial charge in [-0.05, 0) is 24.3 Å². The molecule has 0 aliphatic heterocycles. The summed E-state index contributed by atoms with van der Waals surface area (Å²) in [5, 5.41) is 20.3. The van der Waals surface area contributed by atoms with Gasteiger partial charge in [0.25, 0.3) is 10.8 Å². The van der Waals surface area contributed by atoms with Crippen molar-refractivity contribution < 1.29 is 14.8 Å². The van der Waals surface area contributed by atoms with Crippen molar-refractivity contribution in [3.63, 3.8) is 0 Å². The summed E-state index contributed by atoms with van der Waals surface area (Å²) in [5.41, 5.74) is -2.87. The zero-order valence-electron chi connectivity index (χ0n) is 15.8. The van der Waals surface area contributed by atoms with Crippen molar-refractivity contribution in [1.82, 2.24) is 0 Å². The highest BCUT2D eigenvalue weighted by Gasteiger charge is 2.20. The molecule has 0 unspecified atom stereocenters. The Hall–Kier alpha value is -4.36. The standard InChI is InChI=1S/C20H6N2O9S2/c23-13-9-3-1-7(21(27)28)5-11(9)15(25)19-17(13)32-18-14(24)10-4-2-8(31-22(29)30)6-12(10)16(26)20(18)33-19/h1-6H. The van der Waals surface area contributed by atoms with Gasteiger partial charge in [-0.25, -0.2) is 0 Å². The van der Waals surface area contributed by atoms with Gasteiger partial charge in [0.05, 0.1) is 23.7 Å². The van der Waals surface area contributed by atoms with Crippen LogP contribution in [0.15, 0.2) is 55.6 Å². The van der Waals surface area contributed by atoms with E-state index in [0.717, 1.165) is 18.2 Å². The zero-order chi connectivity index (χ0) is 23.6. The molecule has 0 saturated carbocycles. The summed E-state index contributed by atoms with van der Waals surface area (Å²) in [6, 6.07) is 6.74. The molecule has 0 amide bonds. The maximum absolute atomic E-state index is 13.1. The SMILES string of the molecule is O=c1c2ccc(O[N+](=O)[O-])cc2c(=O)c2sc3c(=O)c4cc([N+](=O)[O-])ccc4c(=O)c3sc12. The number of fused-ring (bicyclic) bond motifs is 4. The average Bonchev–Trinajstić information content (AvgIpc) is 2.79. The molecule has 0 saturated heterocycles. The van der Waals surface area contributed by atoms with Crippen molar-refractivity contribution in [3.8, 4) is 5.75 Å². The Morgan fingerprint density at radius 2 is 1.09 bits per heavy atom. The highest BCUT2D eigenvalue weighted by molar-refractivity contribution is 7.36. The zero-order valence-corrected chi connectivity index (χ0v) is 17.5. The molecule has 33 heavy (non-hydrogen) atoms. The minimum absolute atomic E-state index is 0.0165. The summed E-state index contributed by atoms with van der Waals surface area (Å²) in [4.78, 5) is 77.6. The third-order valence-corrected chi connectivity index (χ3v) is 7.64. The molecule has 0 radical (unpaired) electrons. The summed E-state index contributed by atoms with van der Waals surface area (Å²) < 4.78 is -0.294. The van der Waals surface area contributed by atoms with Crippen LogP contribution in [0.5, 0.6) is 5.75 Å². The van der Waals surface area contributed by atoms with Gasteiger partial charge in [0.2, 0.25) is 21.7 Å². The van der Waals surface area contributed by atoms with Crippen LogP contribution < -0.4 is 26.6 Å². The molecule has 0 aliphatic carbocycles. The highest BCUT2D eigenvalue weighted by atomic mass is 32.1. The summed E-state index contributed by atoms with van der Waals surface area (Å²) in [6.07, 6.45) is 0. The van der Waals surface area contributed by atoms with Gasteiger partial charge < -0.3 is 0 Å². The molecule has 1 aromatic heterocycles. The van der Waals surface area contributed by atoms with Gasteiger partial charge in [0, 0.05) is 33.7 Å². The molecule has 4 aromatic carbocycles. The van der Waals surface area contributed by atoms with E-state index in [1.165, 1.54) is 18.2 Å². The van der Waals surface area contributed by atoms with Gasteiger partial charge in [-0.15, -0.1) is 32.8 Å². The van der Waals surface area contributed by atoms with Gasteiger partial charge in [0.15, 0.2) is 0 Å². The van der Waals surface area contributed by atoms with Gasteiger partial charge in [-0.3, -0.25) is 34.1 Å². The van der Waals surface area contributed by atoms with E-state index in [2.05, 4.69) is 4.84 Å². The van der Waals surface area contributed by atoms with Crippen LogP contribution in [0, 0.1) is 20.2 Å². The largest absolute Gasteiger partial charge is 0.299 e. The Bertz CT molecular complexity index is 1950. The maximum atomic E-state index is 13.1. The van der Waals surface area contributed by atoms with Crippen molar-refractivity contribution >= 4 is 68.7 Å². The Balaban J connectivity index is 1.95. The van der Waals surface area contributed by atoms with Crippen LogP contribution >= 0.6 is 22.7 Å². The Labute approximate surface area is 186 Å². The fourth-order valence-electron chi connectivity index (χ4n) is 3.56. The van der Waals surface area contributed by atoms with Crippen LogP contribution in [-0.4, -0.2) is 10.0 Å². The molecule has 1 heterocycles. The van der Waals surface area contributed by atoms with Gasteiger partial charge in [0.1, 0.15) is 5.75 Å². The Morgan fingerprint density at radius 1 is 0.636 bits per heavy atom. The molecule has 0 aliphatic rings. The summed E-state index contributed by atoms with van der Waals surface area (Å²) >= 11 is 1.34. The Kier molecular flexibility index (Phi) is 4.41. The predicted molar refractivity (Wildman–Crippen MR) is 123 cm³/mol. The van der Waals surface area contributed by atoms with Crippen molar-refractivity contribution in [2.75, 3.05) is 0 Å². The van der Waals surface area contributed by atoms with Crippen molar-refractivity contribution in [2.45, 2.75) is 0 Å². The lowest BCUT2D eigenvalue weighted by Crippen LogP contribution is -2.15. The maximum Gasteiger partial charge on any atom is 0.299 e. The molecule has 13 heteroatoms. The lowest BCUT2D eigenvalue weighted by atomic mass is 10.1. The van der Waals surface area contributed by atoms with Crippen LogP contribution in [0.25, 0.3) is 40.3 Å². The number of non-ortho nitro benzene ring substituents is 1. The molecule has 162 valence electrons. The topological polar surface area (TPSA) is 164 Å². The number of nitrogens with zero attached hydrogens (tertiary/aromatic N) is 2. The number of hydrogen-bond donors (Lipinski definition) is 0. The molecular formula is C20H6N2O9S2. The van der Waals surface area contributed by atoms with E-state index < -0.39 is 31.7 Å². The molecule has 5 rings (SSSR count). The number of nitro benzene ring substituents is 1. The third kappa shape index (κ3) is 3.01. The first-order valence-corrected chi connectivity index (χ1v) is 10.6. The highest BCUT2D eigenvalue weighted by Crippen LogP contribution is 2.30. The van der Waals surface area contributed by atoms with Crippen LogP contribution in [-0.2, 0) is 0 Å². The molecule has 0 bridgehead atoms. The predicted octanol–water partition coefficient (Wildman–Crippen LogP) is 2.78. The molecule has 5 aromatic rings.